The van der Waals surface area contributed by atoms with E-state index in [9.17, 15) is 0 Å². The first-order valence-electron chi connectivity index (χ1n) is 20.0. The van der Waals surface area contributed by atoms with Gasteiger partial charge in [0.1, 0.15) is 6.17 Å². The minimum Gasteiger partial charge on any atom is -0.356 e. The van der Waals surface area contributed by atoms with Crippen LogP contribution in [0.15, 0.2) is 12.4 Å². The van der Waals surface area contributed by atoms with Gasteiger partial charge >= 0.3 is 0 Å². The van der Waals surface area contributed by atoms with E-state index in [1.54, 1.807) is 0 Å². The predicted octanol–water partition coefficient (Wildman–Crippen LogP) is 13.9. The van der Waals surface area contributed by atoms with Crippen LogP contribution in [0, 0.1) is 0 Å². The normalized spacial score (nSPS) is 15.0. The summed E-state index contributed by atoms with van der Waals surface area (Å²) in [5.74, 6) is 0. The maximum absolute atomic E-state index is 2.71. The van der Waals surface area contributed by atoms with Crippen molar-refractivity contribution in [1.29, 1.82) is 0 Å². The van der Waals surface area contributed by atoms with Gasteiger partial charge in [-0.2, -0.15) is 0 Å². The van der Waals surface area contributed by atoms with Gasteiger partial charge in [0, 0.05) is 25.5 Å². The van der Waals surface area contributed by atoms with Crippen LogP contribution in [0.25, 0.3) is 0 Å². The summed E-state index contributed by atoms with van der Waals surface area (Å²) in [6, 6.07) is 0. The van der Waals surface area contributed by atoms with Crippen LogP contribution in [0.4, 0.5) is 0 Å². The van der Waals surface area contributed by atoms with Crippen LogP contribution in [-0.2, 0) is 0 Å². The Hall–Kier alpha value is -0.660. The van der Waals surface area contributed by atoms with Crippen molar-refractivity contribution in [2.24, 2.45) is 0 Å². The highest BCUT2D eigenvalue weighted by Crippen LogP contribution is 2.24. The minimum absolute atomic E-state index is 0.640. The van der Waals surface area contributed by atoms with Crippen molar-refractivity contribution in [3.05, 3.63) is 12.4 Å². The molecular weight excluding hydrogens is 508 g/mol. The fourth-order valence-corrected chi connectivity index (χ4v) is 6.89. The molecule has 0 amide bonds. The van der Waals surface area contributed by atoms with Crippen LogP contribution in [-0.4, -0.2) is 29.1 Å². The Kier molecular flexibility index (Phi) is 29.8. The first-order chi connectivity index (χ1) is 20.8. The lowest BCUT2D eigenvalue weighted by Crippen LogP contribution is -2.39. The fraction of sp³-hybridized carbons (Fsp3) is 0.950. The molecule has 0 fully saturated rings. The van der Waals surface area contributed by atoms with Crippen LogP contribution in [0.3, 0.4) is 0 Å². The Morgan fingerprint density at radius 1 is 0.310 bits per heavy atom. The van der Waals surface area contributed by atoms with Gasteiger partial charge in [-0.3, -0.25) is 0 Å². The van der Waals surface area contributed by atoms with Crippen molar-refractivity contribution in [3.63, 3.8) is 0 Å². The third kappa shape index (κ3) is 23.8. The van der Waals surface area contributed by atoms with E-state index >= 15 is 0 Å². The van der Waals surface area contributed by atoms with E-state index in [-0.39, 0.29) is 0 Å². The monoisotopic (exact) mass is 589 g/mol. The smallest absolute Gasteiger partial charge is 0.101 e. The second kappa shape index (κ2) is 31.8. The summed E-state index contributed by atoms with van der Waals surface area (Å²) in [4.78, 5) is 5.40. The Bertz CT molecular complexity index is 544. The summed E-state index contributed by atoms with van der Waals surface area (Å²) in [5, 5.41) is 0. The van der Waals surface area contributed by atoms with E-state index in [2.05, 4.69) is 43.0 Å². The molecule has 250 valence electrons. The Labute approximate surface area is 267 Å². The van der Waals surface area contributed by atoms with Crippen molar-refractivity contribution in [2.75, 3.05) is 13.1 Å². The van der Waals surface area contributed by atoms with E-state index in [4.69, 9.17) is 0 Å². The maximum Gasteiger partial charge on any atom is 0.101 e. The molecule has 0 aromatic carbocycles. The van der Waals surface area contributed by atoms with Crippen molar-refractivity contribution >= 4 is 0 Å². The zero-order chi connectivity index (χ0) is 30.2. The molecule has 1 atom stereocenters. The predicted molar refractivity (Wildman–Crippen MR) is 191 cm³/mol. The lowest BCUT2D eigenvalue weighted by molar-refractivity contribution is 0.135. The molecular formula is C40H80N2. The highest BCUT2D eigenvalue weighted by molar-refractivity contribution is 4.97. The van der Waals surface area contributed by atoms with Crippen molar-refractivity contribution in [2.45, 2.75) is 232 Å². The van der Waals surface area contributed by atoms with Gasteiger partial charge in [0.25, 0.3) is 0 Å². The second-order valence-corrected chi connectivity index (χ2v) is 13.9. The molecule has 1 rings (SSSR count). The number of rotatable bonds is 34. The average Bonchev–Trinajstić information content (AvgIpc) is 3.38. The first-order valence-corrected chi connectivity index (χ1v) is 20.0. The van der Waals surface area contributed by atoms with Gasteiger partial charge in [0.2, 0.25) is 0 Å². The standard InChI is InChI=1S/C40H80N2/c1-4-7-10-13-15-17-19-21-23-25-27-29-31-34-37-42-39-38-41(36-33-12-9-6-3)40(42)35-32-30-28-26-24-22-20-18-16-14-11-8-5-2/h38-40H,4-37H2,1-3H3. The van der Waals surface area contributed by atoms with Gasteiger partial charge in [-0.05, 0) is 25.7 Å². The molecule has 0 bridgehead atoms. The molecule has 0 aliphatic carbocycles. The molecule has 1 heterocycles. The second-order valence-electron chi connectivity index (χ2n) is 13.9. The summed E-state index contributed by atoms with van der Waals surface area (Å²) < 4.78 is 0. The van der Waals surface area contributed by atoms with Gasteiger partial charge in [-0.25, -0.2) is 0 Å². The number of hydrogen-bond acceptors (Lipinski definition) is 2. The van der Waals surface area contributed by atoms with Crippen LogP contribution in [0.2, 0.25) is 0 Å². The molecule has 1 aliphatic rings. The molecule has 1 aliphatic heterocycles. The van der Waals surface area contributed by atoms with Crippen molar-refractivity contribution in [3.8, 4) is 0 Å². The molecule has 42 heavy (non-hydrogen) atoms. The van der Waals surface area contributed by atoms with Gasteiger partial charge in [-0.15, -0.1) is 0 Å². The maximum atomic E-state index is 2.71. The van der Waals surface area contributed by atoms with Gasteiger partial charge in [0.05, 0.1) is 0 Å². The molecule has 0 aromatic heterocycles. The quantitative estimate of drug-likeness (QED) is 0.0690. The molecule has 0 N–H and O–H groups in total. The van der Waals surface area contributed by atoms with Crippen LogP contribution < -0.4 is 0 Å². The highest BCUT2D eigenvalue weighted by atomic mass is 15.4. The fourth-order valence-electron chi connectivity index (χ4n) is 6.89. The molecule has 1 unspecified atom stereocenters. The number of unbranched alkanes of at least 4 members (excludes halogenated alkanes) is 28. The zero-order valence-electron chi connectivity index (χ0n) is 29.7. The topological polar surface area (TPSA) is 6.48 Å². The van der Waals surface area contributed by atoms with E-state index in [0.29, 0.717) is 6.17 Å². The number of hydrogen-bond donors (Lipinski definition) is 0. The van der Waals surface area contributed by atoms with E-state index < -0.39 is 0 Å². The van der Waals surface area contributed by atoms with Crippen LogP contribution in [0.5, 0.6) is 0 Å². The van der Waals surface area contributed by atoms with E-state index in [1.165, 1.54) is 219 Å². The minimum atomic E-state index is 0.640. The van der Waals surface area contributed by atoms with Crippen LogP contribution in [0.1, 0.15) is 226 Å². The van der Waals surface area contributed by atoms with Crippen LogP contribution >= 0.6 is 0 Å². The molecule has 2 heteroatoms. The summed E-state index contributed by atoms with van der Waals surface area (Å²) in [7, 11) is 0. The number of nitrogens with zero attached hydrogens (tertiary/aromatic N) is 2. The largest absolute Gasteiger partial charge is 0.356 e. The third-order valence-corrected chi connectivity index (χ3v) is 9.82. The molecule has 0 saturated heterocycles. The van der Waals surface area contributed by atoms with E-state index in [1.807, 2.05) is 0 Å². The summed E-state index contributed by atoms with van der Waals surface area (Å²) in [6.07, 6.45) is 51.5. The lowest BCUT2D eigenvalue weighted by atomic mass is 10.0. The highest BCUT2D eigenvalue weighted by Gasteiger charge is 2.24. The SMILES string of the molecule is CCCCCCCCCCCCCCCCN1C=CN(CCCCCC)C1CCCCCCCCCCCCCCC. The average molecular weight is 589 g/mol. The lowest BCUT2D eigenvalue weighted by Gasteiger charge is -2.33. The Morgan fingerprint density at radius 2 is 0.548 bits per heavy atom. The van der Waals surface area contributed by atoms with Crippen molar-refractivity contribution < 1.29 is 0 Å². The molecule has 0 spiro atoms. The third-order valence-electron chi connectivity index (χ3n) is 9.82. The van der Waals surface area contributed by atoms with Gasteiger partial charge in [-0.1, -0.05) is 201 Å². The van der Waals surface area contributed by atoms with E-state index in [0.717, 1.165) is 0 Å². The Morgan fingerprint density at radius 3 is 0.857 bits per heavy atom. The Balaban J connectivity index is 2.11. The summed E-state index contributed by atoms with van der Waals surface area (Å²) in [6.45, 7) is 9.47. The first kappa shape index (κ1) is 39.4. The van der Waals surface area contributed by atoms with Crippen molar-refractivity contribution in [1.82, 2.24) is 9.80 Å². The molecule has 0 aromatic rings. The molecule has 0 saturated carbocycles. The molecule has 2 nitrogen and oxygen atoms in total. The zero-order valence-corrected chi connectivity index (χ0v) is 29.7. The van der Waals surface area contributed by atoms with Gasteiger partial charge in [0.15, 0.2) is 0 Å². The van der Waals surface area contributed by atoms with Gasteiger partial charge < -0.3 is 9.80 Å². The summed E-state index contributed by atoms with van der Waals surface area (Å²) >= 11 is 0. The summed E-state index contributed by atoms with van der Waals surface area (Å²) in [5.41, 5.74) is 0. The molecule has 0 radical (unpaired) electrons.